The van der Waals surface area contributed by atoms with Crippen LogP contribution in [0.2, 0.25) is 0 Å². The molecule has 0 radical (unpaired) electrons. The smallest absolute Gasteiger partial charge is 0.239 e. The highest BCUT2D eigenvalue weighted by Gasteiger charge is 2.51. The highest BCUT2D eigenvalue weighted by Crippen LogP contribution is 2.39. The summed E-state index contributed by atoms with van der Waals surface area (Å²) >= 11 is 0. The standard InChI is InChI=1S/C33H40O20/c1-10-19(38)23(42)26(45)31(47-10)53-30-25(44)21(40)17(9-35)51-33(30)52-29-22(41)18-14(37)6-13(48-32-27(46)24(43)20(39)16(8-34)50-32)7-15(18)49-28(29)11-2-4-12(36)5-3-11/h2-7,10,16-17,19-21,23-27,30-40,42-46H,8-9H2,1H3/t10-,16-,17-,19-,20-,21-,23+,24-,25-,26+,27-,30+,31-,32-,33+/m0/s1. The van der Waals surface area contributed by atoms with Crippen molar-refractivity contribution >= 4 is 11.0 Å². The van der Waals surface area contributed by atoms with Gasteiger partial charge in [0.2, 0.25) is 23.8 Å². The van der Waals surface area contributed by atoms with E-state index in [1.807, 2.05) is 0 Å². The Hall–Kier alpha value is -3.71. The van der Waals surface area contributed by atoms with Crippen LogP contribution in [0, 0.1) is 0 Å². The van der Waals surface area contributed by atoms with Crippen molar-refractivity contribution < 1.29 is 94.1 Å². The molecule has 0 aliphatic carbocycles. The molecule has 3 fully saturated rings. The maximum atomic E-state index is 14.2. The lowest BCUT2D eigenvalue weighted by atomic mass is 9.97. The highest BCUT2D eigenvalue weighted by atomic mass is 16.8. The van der Waals surface area contributed by atoms with E-state index in [-0.39, 0.29) is 28.4 Å². The third-order valence-corrected chi connectivity index (χ3v) is 9.29. The molecule has 0 saturated carbocycles. The number of phenolic OH excluding ortho intramolecular Hbond substituents is 2. The van der Waals surface area contributed by atoms with E-state index in [4.69, 9.17) is 32.8 Å². The van der Waals surface area contributed by atoms with Crippen LogP contribution in [0.3, 0.4) is 0 Å². The van der Waals surface area contributed by atoms with Gasteiger partial charge >= 0.3 is 0 Å². The van der Waals surface area contributed by atoms with Gasteiger partial charge in [-0.15, -0.1) is 0 Å². The average molecular weight is 757 g/mol. The Bertz CT molecular complexity index is 1780. The SMILES string of the molecule is C[C@@H]1O[C@@H](O[C@H]2[C@@H](Oc3c(-c4ccc(O)cc4)oc4cc(O[C@H]5O[C@@H](CO)[C@H](O)[C@H](O)[C@@H]5O)cc(O)c4c3=O)O[C@@H](CO)[C@H](O)[C@@H]2O)[C@H](O)[C@H](O)[C@H]1O. The third kappa shape index (κ3) is 7.39. The van der Waals surface area contributed by atoms with Crippen molar-refractivity contribution in [1.29, 1.82) is 0 Å². The lowest BCUT2D eigenvalue weighted by molar-refractivity contribution is -0.354. The number of aliphatic hydroxyl groups is 10. The van der Waals surface area contributed by atoms with Crippen molar-refractivity contribution in [1.82, 2.24) is 0 Å². The van der Waals surface area contributed by atoms with Crippen molar-refractivity contribution in [3.63, 3.8) is 0 Å². The lowest BCUT2D eigenvalue weighted by Crippen LogP contribution is -2.64. The fourth-order valence-corrected chi connectivity index (χ4v) is 6.23. The Morgan fingerprint density at radius 2 is 1.25 bits per heavy atom. The van der Waals surface area contributed by atoms with E-state index < -0.39 is 128 Å². The largest absolute Gasteiger partial charge is 0.508 e. The van der Waals surface area contributed by atoms with E-state index in [0.717, 1.165) is 12.1 Å². The quantitative estimate of drug-likeness (QED) is 0.0992. The molecular weight excluding hydrogens is 716 g/mol. The number of ether oxygens (including phenoxy) is 6. The van der Waals surface area contributed by atoms with Gasteiger partial charge < -0.3 is 94.1 Å². The van der Waals surface area contributed by atoms with Crippen molar-refractivity contribution in [3.05, 3.63) is 46.6 Å². The van der Waals surface area contributed by atoms with Crippen molar-refractivity contribution in [2.75, 3.05) is 13.2 Å². The first-order valence-electron chi connectivity index (χ1n) is 16.4. The van der Waals surface area contributed by atoms with E-state index in [1.165, 1.54) is 31.2 Å². The predicted molar refractivity (Wildman–Crippen MR) is 171 cm³/mol. The molecule has 4 heterocycles. The molecule has 53 heavy (non-hydrogen) atoms. The van der Waals surface area contributed by atoms with Crippen LogP contribution in [-0.2, 0) is 18.9 Å². The molecule has 0 amide bonds. The number of hydrogen-bond donors (Lipinski definition) is 12. The monoisotopic (exact) mass is 756 g/mol. The Balaban J connectivity index is 1.41. The number of rotatable bonds is 9. The molecule has 20 heteroatoms. The summed E-state index contributed by atoms with van der Waals surface area (Å²) in [6.07, 6.45) is -25.3. The van der Waals surface area contributed by atoms with E-state index in [2.05, 4.69) is 0 Å². The zero-order chi connectivity index (χ0) is 38.5. The van der Waals surface area contributed by atoms with Gasteiger partial charge in [-0.3, -0.25) is 4.79 Å². The Labute approximate surface area is 298 Å². The predicted octanol–water partition coefficient (Wildman–Crippen LogP) is -3.92. The summed E-state index contributed by atoms with van der Waals surface area (Å²) < 4.78 is 39.9. The normalized spacial score (nSPS) is 37.8. The van der Waals surface area contributed by atoms with Crippen LogP contribution in [0.25, 0.3) is 22.3 Å². The van der Waals surface area contributed by atoms with Crippen LogP contribution in [0.15, 0.2) is 45.6 Å². The van der Waals surface area contributed by atoms with Gasteiger partial charge in [0, 0.05) is 17.7 Å². The minimum atomic E-state index is -1.94. The van der Waals surface area contributed by atoms with Gasteiger partial charge in [0.1, 0.15) is 89.3 Å². The molecule has 0 spiro atoms. The molecule has 15 atom stereocenters. The number of hydrogen-bond acceptors (Lipinski definition) is 20. The van der Waals surface area contributed by atoms with Gasteiger partial charge in [-0.1, -0.05) is 0 Å². The summed E-state index contributed by atoms with van der Waals surface area (Å²) in [7, 11) is 0. The molecule has 6 rings (SSSR count). The number of aliphatic hydroxyl groups excluding tert-OH is 10. The van der Waals surface area contributed by atoms with Crippen LogP contribution in [-0.4, -0.2) is 167 Å². The topological polar surface area (TPSA) is 328 Å². The summed E-state index contributed by atoms with van der Waals surface area (Å²) in [5.74, 6) is -2.26. The van der Waals surface area contributed by atoms with E-state index >= 15 is 0 Å². The highest BCUT2D eigenvalue weighted by molar-refractivity contribution is 5.88. The summed E-state index contributed by atoms with van der Waals surface area (Å²) in [4.78, 5) is 14.2. The van der Waals surface area contributed by atoms with Crippen LogP contribution in [0.1, 0.15) is 6.92 Å². The molecule has 12 N–H and O–H groups in total. The average Bonchev–Trinajstić information content (AvgIpc) is 3.13. The van der Waals surface area contributed by atoms with Gasteiger partial charge in [0.05, 0.1) is 19.3 Å². The van der Waals surface area contributed by atoms with Crippen LogP contribution in [0.5, 0.6) is 23.0 Å². The van der Waals surface area contributed by atoms with Crippen molar-refractivity contribution in [3.8, 4) is 34.3 Å². The first kappa shape index (κ1) is 39.0. The molecule has 1 aromatic heterocycles. The first-order valence-corrected chi connectivity index (χ1v) is 16.4. The van der Waals surface area contributed by atoms with Gasteiger partial charge in [0.15, 0.2) is 18.2 Å². The molecule has 3 aliphatic heterocycles. The molecule has 292 valence electrons. The van der Waals surface area contributed by atoms with E-state index in [9.17, 15) is 66.1 Å². The lowest BCUT2D eigenvalue weighted by Gasteiger charge is -2.45. The second-order valence-electron chi connectivity index (χ2n) is 12.9. The van der Waals surface area contributed by atoms with Gasteiger partial charge in [-0.05, 0) is 31.2 Å². The minimum absolute atomic E-state index is 0.0982. The maximum absolute atomic E-state index is 14.2. The number of aromatic hydroxyl groups is 2. The zero-order valence-electron chi connectivity index (χ0n) is 27.7. The van der Waals surface area contributed by atoms with Gasteiger partial charge in [-0.2, -0.15) is 0 Å². The second kappa shape index (κ2) is 15.6. The van der Waals surface area contributed by atoms with Gasteiger partial charge in [0.25, 0.3) is 0 Å². The summed E-state index contributed by atoms with van der Waals surface area (Å²) in [5.41, 5.74) is -1.30. The molecule has 0 unspecified atom stereocenters. The molecule has 3 aliphatic rings. The van der Waals surface area contributed by atoms with E-state index in [1.54, 1.807) is 0 Å². The van der Waals surface area contributed by atoms with Crippen LogP contribution >= 0.6 is 0 Å². The molecule has 2 aromatic carbocycles. The molecular formula is C33H40O20. The van der Waals surface area contributed by atoms with Crippen LogP contribution in [0.4, 0.5) is 0 Å². The van der Waals surface area contributed by atoms with Crippen LogP contribution < -0.4 is 14.9 Å². The minimum Gasteiger partial charge on any atom is -0.508 e. The van der Waals surface area contributed by atoms with E-state index in [0.29, 0.717) is 0 Å². The fourth-order valence-electron chi connectivity index (χ4n) is 6.23. The molecule has 3 aromatic rings. The summed E-state index contributed by atoms with van der Waals surface area (Å²) in [5, 5.41) is 123. The fraction of sp³-hybridized carbons (Fsp3) is 0.545. The number of fused-ring (bicyclic) bond motifs is 1. The zero-order valence-corrected chi connectivity index (χ0v) is 27.7. The number of phenols is 2. The molecule has 3 saturated heterocycles. The van der Waals surface area contributed by atoms with Gasteiger partial charge in [-0.25, -0.2) is 0 Å². The van der Waals surface area contributed by atoms with Crippen molar-refractivity contribution in [2.24, 2.45) is 0 Å². The molecule has 20 nitrogen and oxygen atoms in total. The third-order valence-electron chi connectivity index (χ3n) is 9.29. The molecule has 0 bridgehead atoms. The summed E-state index contributed by atoms with van der Waals surface area (Å²) in [6.45, 7) is -0.235. The maximum Gasteiger partial charge on any atom is 0.239 e. The Morgan fingerprint density at radius 1 is 0.660 bits per heavy atom. The first-order chi connectivity index (χ1) is 25.1. The second-order valence-corrected chi connectivity index (χ2v) is 12.9. The Morgan fingerprint density at radius 3 is 1.89 bits per heavy atom. The Kier molecular flexibility index (Phi) is 11.5. The summed E-state index contributed by atoms with van der Waals surface area (Å²) in [6, 6.07) is 7.18. The van der Waals surface area contributed by atoms with Crippen molar-refractivity contribution in [2.45, 2.75) is 99.0 Å². The number of benzene rings is 2.